The van der Waals surface area contributed by atoms with Crippen molar-refractivity contribution < 1.29 is 9.47 Å². The summed E-state index contributed by atoms with van der Waals surface area (Å²) in [5.41, 5.74) is 12.8. The minimum Gasteiger partial charge on any atom is -0.496 e. The summed E-state index contributed by atoms with van der Waals surface area (Å²) in [5, 5.41) is 4.96. The van der Waals surface area contributed by atoms with Gasteiger partial charge in [-0.3, -0.25) is 4.98 Å². The van der Waals surface area contributed by atoms with E-state index in [0.29, 0.717) is 6.61 Å². The van der Waals surface area contributed by atoms with Crippen molar-refractivity contribution in [2.24, 2.45) is 0 Å². The van der Waals surface area contributed by atoms with Crippen LogP contribution in [0.15, 0.2) is 121 Å². The summed E-state index contributed by atoms with van der Waals surface area (Å²) in [7, 11) is 1.67. The van der Waals surface area contributed by atoms with Crippen LogP contribution in [0.4, 0.5) is 0 Å². The van der Waals surface area contributed by atoms with E-state index in [1.54, 1.807) is 13.3 Å². The fourth-order valence-corrected chi connectivity index (χ4v) is 6.32. The second-order valence-corrected chi connectivity index (χ2v) is 14.0. The Hall–Kier alpha value is -5.94. The van der Waals surface area contributed by atoms with Crippen LogP contribution < -0.4 is 9.47 Å². The summed E-state index contributed by atoms with van der Waals surface area (Å²) >= 11 is 0. The van der Waals surface area contributed by atoms with Crippen LogP contribution in [0.3, 0.4) is 0 Å². The van der Waals surface area contributed by atoms with Gasteiger partial charge in [0, 0.05) is 17.8 Å². The van der Waals surface area contributed by atoms with Gasteiger partial charge in [0.05, 0.1) is 29.9 Å². The molecule has 0 saturated heterocycles. The third-order valence-electron chi connectivity index (χ3n) is 9.05. The maximum absolute atomic E-state index is 5.93. The molecule has 0 atom stereocenters. The lowest BCUT2D eigenvalue weighted by Crippen LogP contribution is -2.12. The van der Waals surface area contributed by atoms with Crippen molar-refractivity contribution in [2.45, 2.75) is 53.1 Å². The van der Waals surface area contributed by atoms with Gasteiger partial charge in [-0.25, -0.2) is 4.68 Å². The molecular weight excluding hydrogens is 639 g/mol. The zero-order valence-electron chi connectivity index (χ0n) is 31.0. The van der Waals surface area contributed by atoms with Crippen LogP contribution in [0, 0.1) is 13.8 Å². The molecular formula is C47H47N3O2. The molecule has 0 saturated carbocycles. The highest BCUT2D eigenvalue weighted by atomic mass is 16.5. The van der Waals surface area contributed by atoms with Crippen molar-refractivity contribution in [1.82, 2.24) is 14.8 Å². The number of methoxy groups -OCH3 is 1. The van der Waals surface area contributed by atoms with Gasteiger partial charge in [-0.2, -0.15) is 5.10 Å². The Balaban J connectivity index is 0.000000362. The highest BCUT2D eigenvalue weighted by Gasteiger charge is 2.15. The lowest BCUT2D eigenvalue weighted by Gasteiger charge is -2.21. The second kappa shape index (κ2) is 16.4. The smallest absolute Gasteiger partial charge is 0.130 e. The number of para-hydroxylation sites is 1. The zero-order chi connectivity index (χ0) is 36.5. The molecule has 0 aliphatic heterocycles. The van der Waals surface area contributed by atoms with E-state index in [4.69, 9.17) is 14.6 Å². The topological polar surface area (TPSA) is 49.2 Å². The van der Waals surface area contributed by atoms with Crippen molar-refractivity contribution in [3.8, 4) is 17.2 Å². The van der Waals surface area contributed by atoms with Crippen LogP contribution in [-0.2, 0) is 18.4 Å². The Bertz CT molecular complexity index is 2220. The average molecular weight is 686 g/mol. The van der Waals surface area contributed by atoms with E-state index in [1.807, 2.05) is 65.4 Å². The monoisotopic (exact) mass is 685 g/mol. The van der Waals surface area contributed by atoms with E-state index in [1.165, 1.54) is 27.8 Å². The Kier molecular flexibility index (Phi) is 11.3. The minimum absolute atomic E-state index is 0.283. The molecule has 262 valence electrons. The number of hydrogen-bond acceptors (Lipinski definition) is 4. The number of nitrogens with zero attached hydrogens (tertiary/aromatic N) is 3. The molecule has 0 radical (unpaired) electrons. The quantitative estimate of drug-likeness (QED) is 0.152. The number of pyridine rings is 1. The predicted octanol–water partition coefficient (Wildman–Crippen LogP) is 11.4. The molecule has 2 aromatic heterocycles. The molecule has 5 nitrogen and oxygen atoms in total. The molecule has 4 aromatic carbocycles. The molecule has 1 aliphatic rings. The first-order valence-electron chi connectivity index (χ1n) is 17.8. The first kappa shape index (κ1) is 35.9. The number of allylic oxidation sites excluding steroid dienone is 1. The molecule has 2 heterocycles. The molecule has 0 N–H and O–H groups in total. The molecule has 0 unspecified atom stereocenters. The van der Waals surface area contributed by atoms with Crippen LogP contribution in [-0.4, -0.2) is 21.9 Å². The van der Waals surface area contributed by atoms with Crippen LogP contribution >= 0.6 is 0 Å². The highest BCUT2D eigenvalue weighted by Crippen LogP contribution is 2.28. The fraction of sp³-hybridized carbons (Fsp3) is 0.191. The highest BCUT2D eigenvalue weighted by molar-refractivity contribution is 5.76. The molecule has 0 amide bonds. The number of ether oxygens (including phenoxy) is 2. The zero-order valence-corrected chi connectivity index (χ0v) is 31.0. The number of benzene rings is 4. The number of hydrogen-bond donors (Lipinski definition) is 0. The van der Waals surface area contributed by atoms with Crippen LogP contribution in [0.5, 0.6) is 11.5 Å². The molecule has 52 heavy (non-hydrogen) atoms. The Morgan fingerprint density at radius 1 is 0.769 bits per heavy atom. The van der Waals surface area contributed by atoms with Gasteiger partial charge >= 0.3 is 0 Å². The summed E-state index contributed by atoms with van der Waals surface area (Å²) in [5.74, 6) is 1.45. The van der Waals surface area contributed by atoms with E-state index in [-0.39, 0.29) is 5.41 Å². The van der Waals surface area contributed by atoms with Crippen molar-refractivity contribution in [2.75, 3.05) is 7.11 Å². The van der Waals surface area contributed by atoms with Gasteiger partial charge in [0.2, 0.25) is 0 Å². The summed E-state index contributed by atoms with van der Waals surface area (Å²) in [6.07, 6.45) is 15.5. The van der Waals surface area contributed by atoms with Gasteiger partial charge in [-0.05, 0) is 114 Å². The van der Waals surface area contributed by atoms with Gasteiger partial charge in [-0.1, -0.05) is 106 Å². The van der Waals surface area contributed by atoms with Gasteiger partial charge in [0.15, 0.2) is 0 Å². The first-order chi connectivity index (χ1) is 25.2. The largest absolute Gasteiger partial charge is 0.496 e. The van der Waals surface area contributed by atoms with Crippen molar-refractivity contribution in [3.05, 3.63) is 177 Å². The maximum atomic E-state index is 5.93. The molecule has 0 spiro atoms. The summed E-state index contributed by atoms with van der Waals surface area (Å²) in [4.78, 5) is 4.31. The van der Waals surface area contributed by atoms with Gasteiger partial charge in [0.1, 0.15) is 18.1 Å². The Morgan fingerprint density at radius 3 is 2.29 bits per heavy atom. The van der Waals surface area contributed by atoms with Gasteiger partial charge in [-0.15, -0.1) is 0 Å². The van der Waals surface area contributed by atoms with Gasteiger partial charge < -0.3 is 9.47 Å². The predicted molar refractivity (Wildman–Crippen MR) is 217 cm³/mol. The van der Waals surface area contributed by atoms with Crippen LogP contribution in [0.25, 0.3) is 36.1 Å². The summed E-state index contributed by atoms with van der Waals surface area (Å²) in [6, 6.07) is 37.2. The molecule has 6 aromatic rings. The van der Waals surface area contributed by atoms with E-state index >= 15 is 0 Å². The summed E-state index contributed by atoms with van der Waals surface area (Å²) < 4.78 is 13.6. The minimum atomic E-state index is 0.283. The second-order valence-electron chi connectivity index (χ2n) is 14.0. The van der Waals surface area contributed by atoms with E-state index in [2.05, 4.69) is 125 Å². The van der Waals surface area contributed by atoms with Crippen molar-refractivity contribution in [1.29, 1.82) is 0 Å². The average Bonchev–Trinajstić information content (AvgIpc) is 3.80. The van der Waals surface area contributed by atoms with E-state index in [0.717, 1.165) is 51.8 Å². The maximum Gasteiger partial charge on any atom is 0.130 e. The number of rotatable bonds is 9. The third-order valence-corrected chi connectivity index (χ3v) is 9.05. The molecule has 5 heteroatoms. The first-order valence-corrected chi connectivity index (χ1v) is 17.8. The normalized spacial score (nSPS) is 12.2. The standard InChI is InChI=1S/C36H31N3O2.C11H16/c1-26-8-3-4-12-35(26)39-33(19-14-27-13-15-28-9-7-10-30(28)22-27)23-31(38-39)18-16-29-17-20-34(24-36(29)40-2)41-25-32-11-5-6-21-37-32;1-9-7-5-6-8-10(9)11(2,3)4/h3-9,11-24H,10,25H2,1-2H3;5-8H,1-4H3/b18-16+,19-14+;. The lowest BCUT2D eigenvalue weighted by molar-refractivity contribution is 0.299. The molecule has 1 aliphatic carbocycles. The van der Waals surface area contributed by atoms with E-state index < -0.39 is 0 Å². The summed E-state index contributed by atoms with van der Waals surface area (Å²) in [6.45, 7) is 11.4. The molecule has 0 bridgehead atoms. The number of aryl methyl sites for hydroxylation is 2. The van der Waals surface area contributed by atoms with Crippen LogP contribution in [0.2, 0.25) is 0 Å². The van der Waals surface area contributed by atoms with Gasteiger partial charge in [0.25, 0.3) is 0 Å². The fourth-order valence-electron chi connectivity index (χ4n) is 6.32. The van der Waals surface area contributed by atoms with Crippen molar-refractivity contribution >= 4 is 30.4 Å². The molecule has 7 rings (SSSR count). The lowest BCUT2D eigenvalue weighted by atomic mass is 9.84. The Labute approximate surface area is 308 Å². The molecule has 0 fully saturated rings. The number of fused-ring (bicyclic) bond motifs is 1. The third kappa shape index (κ3) is 9.04. The van der Waals surface area contributed by atoms with Crippen LogP contribution in [0.1, 0.15) is 76.8 Å². The Morgan fingerprint density at radius 2 is 1.56 bits per heavy atom. The number of aromatic nitrogens is 3. The van der Waals surface area contributed by atoms with Crippen molar-refractivity contribution in [3.63, 3.8) is 0 Å². The van der Waals surface area contributed by atoms with E-state index in [9.17, 15) is 0 Å². The SMILES string of the molecule is COc1cc(OCc2ccccn2)ccc1/C=C/c1cc(/C=C/c2ccc3c(c2)CC=C3)n(-c2ccccc2C)n1.Cc1ccccc1C(C)(C)C.